The van der Waals surface area contributed by atoms with Crippen LogP contribution in [-0.2, 0) is 0 Å². The summed E-state index contributed by atoms with van der Waals surface area (Å²) in [6.07, 6.45) is -2.00. The van der Waals surface area contributed by atoms with Crippen molar-refractivity contribution in [1.82, 2.24) is 5.32 Å². The highest BCUT2D eigenvalue weighted by molar-refractivity contribution is 4.94. The van der Waals surface area contributed by atoms with Crippen LogP contribution in [0, 0.1) is 5.41 Å². The van der Waals surface area contributed by atoms with Crippen molar-refractivity contribution in [1.29, 1.82) is 0 Å². The van der Waals surface area contributed by atoms with E-state index >= 15 is 0 Å². The Bertz CT molecular complexity index is 214. The fraction of sp³-hybridized carbons (Fsp3) is 1.00. The molecular weight excluding hydrogens is 219 g/mol. The fourth-order valence-electron chi connectivity index (χ4n) is 1.67. The highest BCUT2D eigenvalue weighted by Crippen LogP contribution is 2.44. The smallest absolute Gasteiger partial charge is 0.389 e. The molecule has 1 unspecified atom stereocenters. The van der Waals surface area contributed by atoms with E-state index in [2.05, 4.69) is 5.32 Å². The molecule has 16 heavy (non-hydrogen) atoms. The van der Waals surface area contributed by atoms with Gasteiger partial charge in [0.05, 0.1) is 0 Å². The minimum atomic E-state index is -4.04. The van der Waals surface area contributed by atoms with Crippen LogP contribution in [0.1, 0.15) is 39.0 Å². The van der Waals surface area contributed by atoms with Gasteiger partial charge in [0.1, 0.15) is 0 Å². The van der Waals surface area contributed by atoms with Crippen molar-refractivity contribution in [2.24, 2.45) is 5.41 Å². The molecule has 1 aliphatic carbocycles. The van der Waals surface area contributed by atoms with Crippen LogP contribution < -0.4 is 5.32 Å². The number of aliphatic hydroxyl groups is 1. The molecule has 96 valence electrons. The first-order valence-electron chi connectivity index (χ1n) is 5.78. The maximum absolute atomic E-state index is 11.9. The molecule has 0 heterocycles. The standard InChI is InChI=1S/C11H20F3NO/c1-9(3-2-4-11(12,13)14)15-7-10(8-16)5-6-10/h9,15-16H,2-8H2,1H3. The molecule has 0 aromatic rings. The van der Waals surface area contributed by atoms with E-state index in [1.165, 1.54) is 0 Å². The van der Waals surface area contributed by atoms with Gasteiger partial charge in [0.2, 0.25) is 0 Å². The Kier molecular flexibility index (Phi) is 4.62. The van der Waals surface area contributed by atoms with E-state index in [9.17, 15) is 13.2 Å². The van der Waals surface area contributed by atoms with Gasteiger partial charge >= 0.3 is 6.18 Å². The second-order valence-electron chi connectivity index (χ2n) is 4.95. The van der Waals surface area contributed by atoms with Crippen LogP contribution in [0.25, 0.3) is 0 Å². The monoisotopic (exact) mass is 239 g/mol. The average Bonchev–Trinajstić information content (AvgIpc) is 2.93. The van der Waals surface area contributed by atoms with Gasteiger partial charge in [-0.15, -0.1) is 0 Å². The lowest BCUT2D eigenvalue weighted by atomic mass is 10.1. The predicted octanol–water partition coefficient (Wildman–Crippen LogP) is 2.47. The topological polar surface area (TPSA) is 32.3 Å². The third-order valence-electron chi connectivity index (χ3n) is 3.22. The number of hydrogen-bond acceptors (Lipinski definition) is 2. The second kappa shape index (κ2) is 5.36. The predicted molar refractivity (Wildman–Crippen MR) is 56.1 cm³/mol. The lowest BCUT2D eigenvalue weighted by Gasteiger charge is -2.18. The van der Waals surface area contributed by atoms with E-state index in [4.69, 9.17) is 5.11 Å². The van der Waals surface area contributed by atoms with Gasteiger partial charge < -0.3 is 10.4 Å². The lowest BCUT2D eigenvalue weighted by molar-refractivity contribution is -0.135. The Morgan fingerprint density at radius 1 is 1.38 bits per heavy atom. The van der Waals surface area contributed by atoms with Crippen LogP contribution >= 0.6 is 0 Å². The third kappa shape index (κ3) is 5.16. The summed E-state index contributed by atoms with van der Waals surface area (Å²) in [6, 6.07) is 0.0892. The summed E-state index contributed by atoms with van der Waals surface area (Å²) in [5.74, 6) is 0. The van der Waals surface area contributed by atoms with Crippen molar-refractivity contribution < 1.29 is 18.3 Å². The second-order valence-corrected chi connectivity index (χ2v) is 4.95. The quantitative estimate of drug-likeness (QED) is 0.715. The molecule has 0 aliphatic heterocycles. The zero-order valence-electron chi connectivity index (χ0n) is 9.61. The lowest BCUT2D eigenvalue weighted by Crippen LogP contribution is -2.33. The van der Waals surface area contributed by atoms with Crippen LogP contribution in [0.5, 0.6) is 0 Å². The molecule has 1 aliphatic rings. The Balaban J connectivity index is 2.05. The molecule has 0 aromatic carbocycles. The number of rotatable bonds is 7. The molecule has 1 atom stereocenters. The Morgan fingerprint density at radius 3 is 2.44 bits per heavy atom. The van der Waals surface area contributed by atoms with E-state index in [0.717, 1.165) is 19.4 Å². The van der Waals surface area contributed by atoms with E-state index in [0.29, 0.717) is 6.42 Å². The fourth-order valence-corrected chi connectivity index (χ4v) is 1.67. The SMILES string of the molecule is CC(CCCC(F)(F)F)NCC1(CO)CC1. The molecule has 5 heteroatoms. The molecule has 1 rings (SSSR count). The molecule has 0 spiro atoms. The maximum Gasteiger partial charge on any atom is 0.389 e. The van der Waals surface area contributed by atoms with Crippen LogP contribution in [-0.4, -0.2) is 30.5 Å². The van der Waals surface area contributed by atoms with Gasteiger partial charge in [0.25, 0.3) is 0 Å². The number of alkyl halides is 3. The number of nitrogens with one attached hydrogen (secondary N) is 1. The summed E-state index contributed by atoms with van der Waals surface area (Å²) in [7, 11) is 0. The van der Waals surface area contributed by atoms with E-state index in [1.54, 1.807) is 0 Å². The highest BCUT2D eigenvalue weighted by atomic mass is 19.4. The Labute approximate surface area is 94.2 Å². The molecule has 2 nitrogen and oxygen atoms in total. The van der Waals surface area contributed by atoms with Gasteiger partial charge in [-0.05, 0) is 32.6 Å². The molecule has 1 fully saturated rings. The van der Waals surface area contributed by atoms with Gasteiger partial charge in [-0.2, -0.15) is 13.2 Å². The van der Waals surface area contributed by atoms with E-state index < -0.39 is 12.6 Å². The third-order valence-corrected chi connectivity index (χ3v) is 3.22. The summed E-state index contributed by atoms with van der Waals surface area (Å²) in [5, 5.41) is 12.3. The Hall–Kier alpha value is -0.290. The van der Waals surface area contributed by atoms with Gasteiger partial charge in [-0.1, -0.05) is 0 Å². The van der Waals surface area contributed by atoms with Crippen molar-refractivity contribution in [3.63, 3.8) is 0 Å². The zero-order chi connectivity index (χ0) is 12.2. The van der Waals surface area contributed by atoms with Gasteiger partial charge in [0.15, 0.2) is 0 Å². The number of hydrogen-bond donors (Lipinski definition) is 2. The van der Waals surface area contributed by atoms with Crippen molar-refractivity contribution in [2.45, 2.75) is 51.2 Å². The summed E-state index contributed by atoms with van der Waals surface area (Å²) in [4.78, 5) is 0. The minimum Gasteiger partial charge on any atom is -0.396 e. The number of aliphatic hydroxyl groups excluding tert-OH is 1. The van der Waals surface area contributed by atoms with Crippen molar-refractivity contribution in [2.75, 3.05) is 13.2 Å². The van der Waals surface area contributed by atoms with Gasteiger partial charge in [0, 0.05) is 31.0 Å². The Morgan fingerprint density at radius 2 is 2.00 bits per heavy atom. The van der Waals surface area contributed by atoms with Crippen molar-refractivity contribution in [3.05, 3.63) is 0 Å². The van der Waals surface area contributed by atoms with Gasteiger partial charge in [-0.3, -0.25) is 0 Å². The molecule has 0 saturated heterocycles. The largest absolute Gasteiger partial charge is 0.396 e. The first kappa shape index (κ1) is 13.8. The van der Waals surface area contributed by atoms with E-state index in [1.807, 2.05) is 6.92 Å². The highest BCUT2D eigenvalue weighted by Gasteiger charge is 2.41. The molecule has 2 N–H and O–H groups in total. The summed E-state index contributed by atoms with van der Waals surface area (Å²) in [6.45, 7) is 2.79. The molecule has 0 bridgehead atoms. The van der Waals surface area contributed by atoms with Crippen molar-refractivity contribution >= 4 is 0 Å². The average molecular weight is 239 g/mol. The molecular formula is C11H20F3NO. The van der Waals surface area contributed by atoms with Crippen LogP contribution in [0.4, 0.5) is 13.2 Å². The van der Waals surface area contributed by atoms with Crippen LogP contribution in [0.2, 0.25) is 0 Å². The molecule has 1 saturated carbocycles. The minimum absolute atomic E-state index is 0.0261. The maximum atomic E-state index is 11.9. The summed E-state index contributed by atoms with van der Waals surface area (Å²) >= 11 is 0. The first-order chi connectivity index (χ1) is 7.37. The number of halogens is 3. The molecule has 0 aromatic heterocycles. The van der Waals surface area contributed by atoms with Crippen LogP contribution in [0.15, 0.2) is 0 Å². The summed E-state index contributed by atoms with van der Waals surface area (Å²) in [5.41, 5.74) is 0.0261. The van der Waals surface area contributed by atoms with Crippen molar-refractivity contribution in [3.8, 4) is 0 Å². The van der Waals surface area contributed by atoms with Gasteiger partial charge in [-0.25, -0.2) is 0 Å². The van der Waals surface area contributed by atoms with Crippen LogP contribution in [0.3, 0.4) is 0 Å². The normalized spacial score (nSPS) is 20.8. The summed E-state index contributed by atoms with van der Waals surface area (Å²) < 4.78 is 35.7. The molecule has 0 amide bonds. The van der Waals surface area contributed by atoms with E-state index in [-0.39, 0.29) is 24.5 Å². The zero-order valence-corrected chi connectivity index (χ0v) is 9.61. The first-order valence-corrected chi connectivity index (χ1v) is 5.78. The molecule has 0 radical (unpaired) electrons.